The van der Waals surface area contributed by atoms with Crippen molar-refractivity contribution in [3.63, 3.8) is 0 Å². The number of nitrogens with two attached hydrogens (primary N) is 1. The van der Waals surface area contributed by atoms with Crippen molar-refractivity contribution in [3.8, 4) is 0 Å². The van der Waals surface area contributed by atoms with Crippen molar-refractivity contribution < 1.29 is 17.2 Å². The number of nitrogens with zero attached hydrogens (tertiary/aromatic N) is 1. The number of hydrogen-bond acceptors (Lipinski definition) is 3. The molecule has 8 heteroatoms. The summed E-state index contributed by atoms with van der Waals surface area (Å²) in [5.74, 6) is 0. The van der Waals surface area contributed by atoms with E-state index in [0.29, 0.717) is 3.70 Å². The molecular formula is C7H7F2IN2O2S. The van der Waals surface area contributed by atoms with Gasteiger partial charge in [-0.1, -0.05) is 0 Å². The predicted molar refractivity (Wildman–Crippen MR) is 58.0 cm³/mol. The van der Waals surface area contributed by atoms with Gasteiger partial charge in [0.15, 0.2) is 0 Å². The quantitative estimate of drug-likeness (QED) is 0.652. The van der Waals surface area contributed by atoms with Crippen LogP contribution < -0.4 is 5.14 Å². The lowest BCUT2D eigenvalue weighted by Crippen LogP contribution is -2.17. The molecule has 1 heterocycles. The minimum Gasteiger partial charge on any atom is -0.249 e. The maximum absolute atomic E-state index is 12.5. The molecule has 0 spiro atoms. The van der Waals surface area contributed by atoms with Crippen LogP contribution in [0.15, 0.2) is 11.1 Å². The Balaban J connectivity index is 3.65. The highest BCUT2D eigenvalue weighted by Gasteiger charge is 2.24. The van der Waals surface area contributed by atoms with Gasteiger partial charge in [-0.05, 0) is 29.5 Å². The molecule has 84 valence electrons. The fourth-order valence-corrected chi connectivity index (χ4v) is 2.71. The minimum absolute atomic E-state index is 0.149. The van der Waals surface area contributed by atoms with E-state index in [-0.39, 0.29) is 5.56 Å². The lowest BCUT2D eigenvalue weighted by molar-refractivity contribution is 0.147. The van der Waals surface area contributed by atoms with E-state index in [1.165, 1.54) is 6.92 Å². The monoisotopic (exact) mass is 348 g/mol. The van der Waals surface area contributed by atoms with Gasteiger partial charge in [0.25, 0.3) is 6.43 Å². The van der Waals surface area contributed by atoms with Crippen molar-refractivity contribution in [1.82, 2.24) is 4.98 Å². The Morgan fingerprint density at radius 2 is 2.07 bits per heavy atom. The van der Waals surface area contributed by atoms with Gasteiger partial charge in [0.2, 0.25) is 10.0 Å². The number of primary sulfonamides is 1. The van der Waals surface area contributed by atoms with Crippen molar-refractivity contribution in [2.24, 2.45) is 5.14 Å². The highest BCUT2D eigenvalue weighted by Crippen LogP contribution is 2.29. The van der Waals surface area contributed by atoms with Crippen molar-refractivity contribution in [3.05, 3.63) is 21.0 Å². The Morgan fingerprint density at radius 3 is 2.47 bits per heavy atom. The van der Waals surface area contributed by atoms with E-state index in [2.05, 4.69) is 4.98 Å². The highest BCUT2D eigenvalue weighted by atomic mass is 127. The number of rotatable bonds is 2. The van der Waals surface area contributed by atoms with Crippen LogP contribution in [0.2, 0.25) is 0 Å². The van der Waals surface area contributed by atoms with Gasteiger partial charge >= 0.3 is 0 Å². The Kier molecular flexibility index (Phi) is 3.61. The van der Waals surface area contributed by atoms with Crippen LogP contribution in [0.25, 0.3) is 0 Å². The van der Waals surface area contributed by atoms with E-state index < -0.39 is 26.9 Å². The van der Waals surface area contributed by atoms with Crippen LogP contribution in [-0.4, -0.2) is 13.4 Å². The summed E-state index contributed by atoms with van der Waals surface area (Å²) in [6.07, 6.45) is -2.08. The van der Waals surface area contributed by atoms with Crippen molar-refractivity contribution in [2.45, 2.75) is 18.2 Å². The van der Waals surface area contributed by atoms with Gasteiger partial charge in [0, 0.05) is 11.8 Å². The molecule has 0 aliphatic heterocycles. The molecule has 2 N–H and O–H groups in total. The van der Waals surface area contributed by atoms with Crippen molar-refractivity contribution in [1.29, 1.82) is 0 Å². The van der Waals surface area contributed by atoms with Crippen LogP contribution in [0.4, 0.5) is 8.78 Å². The number of pyridine rings is 1. The molecule has 0 amide bonds. The second-order valence-corrected chi connectivity index (χ2v) is 5.32. The topological polar surface area (TPSA) is 73.0 Å². The summed E-state index contributed by atoms with van der Waals surface area (Å²) in [4.78, 5) is 3.13. The number of alkyl halides is 2. The molecule has 0 bridgehead atoms. The largest absolute Gasteiger partial charge is 0.266 e. The minimum atomic E-state index is -4.16. The third-order valence-corrected chi connectivity index (χ3v) is 3.95. The van der Waals surface area contributed by atoms with E-state index in [1.807, 2.05) is 0 Å². The van der Waals surface area contributed by atoms with Crippen LogP contribution in [0.1, 0.15) is 17.6 Å². The zero-order chi connectivity index (χ0) is 11.8. The van der Waals surface area contributed by atoms with Gasteiger partial charge in [-0.15, -0.1) is 0 Å². The molecule has 0 aliphatic carbocycles. The van der Waals surface area contributed by atoms with Gasteiger partial charge in [-0.3, -0.25) is 0 Å². The van der Waals surface area contributed by atoms with Crippen molar-refractivity contribution >= 4 is 32.6 Å². The first-order chi connectivity index (χ1) is 6.75. The molecule has 4 nitrogen and oxygen atoms in total. The fraction of sp³-hybridized carbons (Fsp3) is 0.286. The lowest BCUT2D eigenvalue weighted by Gasteiger charge is -2.10. The average molecular weight is 348 g/mol. The van der Waals surface area contributed by atoms with Crippen LogP contribution in [-0.2, 0) is 10.0 Å². The first-order valence-electron chi connectivity index (χ1n) is 3.71. The van der Waals surface area contributed by atoms with Crippen LogP contribution in [0, 0.1) is 10.6 Å². The molecule has 0 fully saturated rings. The number of sulfonamides is 1. The summed E-state index contributed by atoms with van der Waals surface area (Å²) in [5.41, 5.74) is -0.508. The lowest BCUT2D eigenvalue weighted by atomic mass is 10.2. The first-order valence-corrected chi connectivity index (χ1v) is 6.33. The third kappa shape index (κ3) is 2.61. The van der Waals surface area contributed by atoms with Crippen LogP contribution in [0.3, 0.4) is 0 Å². The van der Waals surface area contributed by atoms with E-state index in [1.54, 1.807) is 22.6 Å². The molecule has 0 aliphatic rings. The van der Waals surface area contributed by atoms with Crippen molar-refractivity contribution in [2.75, 3.05) is 0 Å². The van der Waals surface area contributed by atoms with E-state index in [9.17, 15) is 17.2 Å². The summed E-state index contributed by atoms with van der Waals surface area (Å²) >= 11 is 1.75. The molecule has 1 rings (SSSR count). The maximum Gasteiger partial charge on any atom is 0.266 e. The SMILES string of the molecule is Cc1c(I)ncc(C(F)F)c1S(N)(=O)=O. The Morgan fingerprint density at radius 1 is 1.53 bits per heavy atom. The number of aromatic nitrogens is 1. The summed E-state index contributed by atoms with van der Waals surface area (Å²) in [5, 5.41) is 4.87. The molecule has 1 aromatic heterocycles. The molecule has 0 aromatic carbocycles. The van der Waals surface area contributed by atoms with Gasteiger partial charge in [-0.25, -0.2) is 27.3 Å². The molecule has 0 unspecified atom stereocenters. The van der Waals surface area contributed by atoms with Gasteiger partial charge in [-0.2, -0.15) is 0 Å². The smallest absolute Gasteiger partial charge is 0.249 e. The van der Waals surface area contributed by atoms with Gasteiger partial charge < -0.3 is 0 Å². The fourth-order valence-electron chi connectivity index (χ4n) is 1.12. The summed E-state index contributed by atoms with van der Waals surface area (Å²) in [7, 11) is -4.16. The predicted octanol–water partition coefficient (Wildman–Crippen LogP) is 1.58. The summed E-state index contributed by atoms with van der Waals surface area (Å²) in [6.45, 7) is 1.39. The van der Waals surface area contributed by atoms with Crippen LogP contribution >= 0.6 is 22.6 Å². The highest BCUT2D eigenvalue weighted by molar-refractivity contribution is 14.1. The number of halogens is 3. The van der Waals surface area contributed by atoms with Gasteiger partial charge in [0.05, 0.1) is 10.5 Å². The molecule has 1 aromatic rings. The maximum atomic E-state index is 12.5. The molecule has 0 saturated heterocycles. The molecule has 0 radical (unpaired) electrons. The van der Waals surface area contributed by atoms with E-state index in [0.717, 1.165) is 6.20 Å². The molecular weight excluding hydrogens is 341 g/mol. The van der Waals surface area contributed by atoms with E-state index >= 15 is 0 Å². The Hall–Kier alpha value is -0.350. The first kappa shape index (κ1) is 12.7. The summed E-state index contributed by atoms with van der Waals surface area (Å²) in [6, 6.07) is 0. The molecule has 0 saturated carbocycles. The second-order valence-electron chi connectivity index (χ2n) is 2.80. The zero-order valence-electron chi connectivity index (χ0n) is 7.54. The Bertz CT molecular complexity index is 490. The zero-order valence-corrected chi connectivity index (χ0v) is 10.5. The molecule has 15 heavy (non-hydrogen) atoms. The summed E-state index contributed by atoms with van der Waals surface area (Å²) < 4.78 is 47.6. The Labute approximate surface area is 99.1 Å². The molecule has 0 atom stereocenters. The normalized spacial score (nSPS) is 12.1. The second kappa shape index (κ2) is 4.26. The number of hydrogen-bond donors (Lipinski definition) is 1. The van der Waals surface area contributed by atoms with E-state index in [4.69, 9.17) is 5.14 Å². The van der Waals surface area contributed by atoms with Gasteiger partial charge in [0.1, 0.15) is 3.70 Å². The van der Waals surface area contributed by atoms with Crippen LogP contribution in [0.5, 0.6) is 0 Å². The average Bonchev–Trinajstić information content (AvgIpc) is 2.06. The third-order valence-electron chi connectivity index (χ3n) is 1.75. The standard InChI is InChI=1S/C7H7F2IN2O2S/c1-3-5(15(11,13)14)4(6(8)9)2-12-7(3)10/h2,6H,1H3,(H2,11,13,14).